The number of rotatable bonds is 4. The van der Waals surface area contributed by atoms with E-state index in [1.165, 1.54) is 30.6 Å². The van der Waals surface area contributed by atoms with Crippen LogP contribution < -0.4 is 16.0 Å². The van der Waals surface area contributed by atoms with Gasteiger partial charge < -0.3 is 4.74 Å². The van der Waals surface area contributed by atoms with Gasteiger partial charge in [-0.25, -0.2) is 5.43 Å². The monoisotopic (exact) mass is 284 g/mol. The second-order valence-corrected chi connectivity index (χ2v) is 3.90. The number of hydrogen-bond acceptors (Lipinski definition) is 5. The number of alkyl halides is 3. The van der Waals surface area contributed by atoms with Crippen molar-refractivity contribution in [3.8, 4) is 5.75 Å². The van der Waals surface area contributed by atoms with E-state index in [1.807, 2.05) is 0 Å². The van der Waals surface area contributed by atoms with Crippen molar-refractivity contribution in [3.63, 3.8) is 0 Å². The normalized spacial score (nSPS) is 13.0. The molecule has 0 aliphatic heterocycles. The Labute approximate surface area is 112 Å². The number of nitrogens with zero attached hydrogens (tertiary/aromatic N) is 2. The van der Waals surface area contributed by atoms with Crippen molar-refractivity contribution in [3.05, 3.63) is 53.9 Å². The van der Waals surface area contributed by atoms with Crippen molar-refractivity contribution in [1.29, 1.82) is 0 Å². The maximum absolute atomic E-state index is 12.2. The molecule has 0 fully saturated rings. The molecule has 0 aliphatic rings. The van der Waals surface area contributed by atoms with Crippen LogP contribution in [0.4, 0.5) is 13.2 Å². The minimum atomic E-state index is -4.73. The van der Waals surface area contributed by atoms with Crippen LogP contribution in [0.25, 0.3) is 0 Å². The van der Waals surface area contributed by atoms with Crippen LogP contribution in [0.3, 0.4) is 0 Å². The average molecular weight is 284 g/mol. The molecule has 1 aromatic heterocycles. The van der Waals surface area contributed by atoms with E-state index in [0.717, 1.165) is 0 Å². The van der Waals surface area contributed by atoms with Gasteiger partial charge >= 0.3 is 6.36 Å². The number of benzene rings is 1. The number of halogens is 3. The third-order valence-electron chi connectivity index (χ3n) is 2.53. The summed E-state index contributed by atoms with van der Waals surface area (Å²) in [6.45, 7) is 0. The highest BCUT2D eigenvalue weighted by Crippen LogP contribution is 2.27. The highest BCUT2D eigenvalue weighted by atomic mass is 19.4. The molecule has 2 rings (SSSR count). The summed E-state index contributed by atoms with van der Waals surface area (Å²) in [6.07, 6.45) is -1.79. The molecule has 1 aromatic carbocycles. The Kier molecular flexibility index (Phi) is 4.16. The molecular formula is C12H11F3N4O. The van der Waals surface area contributed by atoms with Gasteiger partial charge in [0.1, 0.15) is 5.75 Å². The fraction of sp³-hybridized carbons (Fsp3) is 0.167. The second-order valence-electron chi connectivity index (χ2n) is 3.90. The van der Waals surface area contributed by atoms with Crippen LogP contribution in [0.15, 0.2) is 42.7 Å². The molecule has 3 N–H and O–H groups in total. The summed E-state index contributed by atoms with van der Waals surface area (Å²) in [7, 11) is 0. The number of nitrogens with one attached hydrogen (secondary N) is 1. The Morgan fingerprint density at radius 3 is 2.55 bits per heavy atom. The van der Waals surface area contributed by atoms with Crippen molar-refractivity contribution >= 4 is 0 Å². The van der Waals surface area contributed by atoms with Gasteiger partial charge in [-0.2, -0.15) is 10.2 Å². The quantitative estimate of drug-likeness (QED) is 0.663. The average Bonchev–Trinajstić information content (AvgIpc) is 2.39. The van der Waals surface area contributed by atoms with Gasteiger partial charge in [-0.1, -0.05) is 12.1 Å². The van der Waals surface area contributed by atoms with Crippen LogP contribution >= 0.6 is 0 Å². The lowest BCUT2D eigenvalue weighted by atomic mass is 10.0. The zero-order valence-corrected chi connectivity index (χ0v) is 10.1. The van der Waals surface area contributed by atoms with Crippen molar-refractivity contribution in [2.24, 2.45) is 5.84 Å². The maximum atomic E-state index is 12.2. The largest absolute Gasteiger partial charge is 0.573 e. The van der Waals surface area contributed by atoms with Gasteiger partial charge in [0.05, 0.1) is 12.2 Å². The molecule has 0 saturated heterocycles. The molecule has 1 unspecified atom stereocenters. The molecule has 0 amide bonds. The third-order valence-corrected chi connectivity index (χ3v) is 2.53. The van der Waals surface area contributed by atoms with Gasteiger partial charge in [-0.3, -0.25) is 5.84 Å². The highest BCUT2D eigenvalue weighted by molar-refractivity contribution is 5.35. The van der Waals surface area contributed by atoms with Gasteiger partial charge in [0.2, 0.25) is 0 Å². The Hall–Kier alpha value is -2.19. The number of aromatic nitrogens is 2. The highest BCUT2D eigenvalue weighted by Gasteiger charge is 2.31. The zero-order chi connectivity index (χ0) is 14.6. The van der Waals surface area contributed by atoms with Crippen LogP contribution in [-0.4, -0.2) is 16.6 Å². The summed E-state index contributed by atoms with van der Waals surface area (Å²) in [5, 5.41) is 7.33. The van der Waals surface area contributed by atoms with E-state index >= 15 is 0 Å². The SMILES string of the molecule is NNC(c1ccnnc1)c1cccc(OC(F)(F)F)c1. The molecule has 106 valence electrons. The van der Waals surface area contributed by atoms with Gasteiger partial charge in [0.15, 0.2) is 0 Å². The van der Waals surface area contributed by atoms with Crippen molar-refractivity contribution in [2.75, 3.05) is 0 Å². The van der Waals surface area contributed by atoms with Gasteiger partial charge in [-0.05, 0) is 29.3 Å². The third kappa shape index (κ3) is 3.65. The number of hydrogen-bond donors (Lipinski definition) is 2. The lowest BCUT2D eigenvalue weighted by Gasteiger charge is -2.17. The molecule has 1 atom stereocenters. The van der Waals surface area contributed by atoms with E-state index in [2.05, 4.69) is 20.4 Å². The molecule has 0 aliphatic carbocycles. The van der Waals surface area contributed by atoms with Crippen LogP contribution in [0, 0.1) is 0 Å². The minimum absolute atomic E-state index is 0.308. The Morgan fingerprint density at radius 2 is 1.95 bits per heavy atom. The van der Waals surface area contributed by atoms with Crippen LogP contribution in [0.1, 0.15) is 17.2 Å². The molecule has 0 spiro atoms. The predicted octanol–water partition coefficient (Wildman–Crippen LogP) is 1.93. The van der Waals surface area contributed by atoms with Gasteiger partial charge in [0, 0.05) is 6.20 Å². The molecule has 5 nitrogen and oxygen atoms in total. The smallest absolute Gasteiger partial charge is 0.406 e. The van der Waals surface area contributed by atoms with Gasteiger partial charge in [-0.15, -0.1) is 13.2 Å². The van der Waals surface area contributed by atoms with Crippen LogP contribution in [0.2, 0.25) is 0 Å². The fourth-order valence-corrected chi connectivity index (χ4v) is 1.75. The van der Waals surface area contributed by atoms with E-state index < -0.39 is 12.4 Å². The number of ether oxygens (including phenoxy) is 1. The molecule has 8 heteroatoms. The topological polar surface area (TPSA) is 73.1 Å². The summed E-state index contributed by atoms with van der Waals surface area (Å²) in [5.74, 6) is 5.14. The van der Waals surface area contributed by atoms with Crippen molar-refractivity contribution in [1.82, 2.24) is 15.6 Å². The first kappa shape index (κ1) is 14.2. The lowest BCUT2D eigenvalue weighted by molar-refractivity contribution is -0.274. The molecule has 0 saturated carbocycles. The second kappa shape index (κ2) is 5.85. The van der Waals surface area contributed by atoms with E-state index in [0.29, 0.717) is 11.1 Å². The molecule has 0 bridgehead atoms. The van der Waals surface area contributed by atoms with Gasteiger partial charge in [0.25, 0.3) is 0 Å². The predicted molar refractivity (Wildman–Crippen MR) is 64.3 cm³/mol. The van der Waals surface area contributed by atoms with Crippen LogP contribution in [-0.2, 0) is 0 Å². The fourth-order valence-electron chi connectivity index (χ4n) is 1.75. The standard InChI is InChI=1S/C12H11F3N4O/c13-12(14,15)20-10-3-1-2-8(6-10)11(19-16)9-4-5-17-18-7-9/h1-7,11,19H,16H2. The van der Waals surface area contributed by atoms with E-state index in [9.17, 15) is 13.2 Å². The first-order chi connectivity index (χ1) is 9.49. The number of hydrazine groups is 1. The summed E-state index contributed by atoms with van der Waals surface area (Å²) < 4.78 is 40.5. The summed E-state index contributed by atoms with van der Waals surface area (Å²) in [5.41, 5.74) is 3.71. The Balaban J connectivity index is 2.29. The summed E-state index contributed by atoms with van der Waals surface area (Å²) >= 11 is 0. The molecular weight excluding hydrogens is 273 g/mol. The molecule has 20 heavy (non-hydrogen) atoms. The number of nitrogens with two attached hydrogens (primary N) is 1. The lowest BCUT2D eigenvalue weighted by Crippen LogP contribution is -2.29. The van der Waals surface area contributed by atoms with E-state index in [4.69, 9.17) is 5.84 Å². The zero-order valence-electron chi connectivity index (χ0n) is 10.1. The summed E-state index contributed by atoms with van der Waals surface area (Å²) in [4.78, 5) is 0. The Morgan fingerprint density at radius 1 is 1.15 bits per heavy atom. The van der Waals surface area contributed by atoms with Crippen molar-refractivity contribution < 1.29 is 17.9 Å². The van der Waals surface area contributed by atoms with Crippen LogP contribution in [0.5, 0.6) is 5.75 Å². The van der Waals surface area contributed by atoms with E-state index in [1.54, 1.807) is 12.1 Å². The first-order valence-electron chi connectivity index (χ1n) is 5.58. The molecule has 0 radical (unpaired) electrons. The minimum Gasteiger partial charge on any atom is -0.406 e. The van der Waals surface area contributed by atoms with Crippen molar-refractivity contribution in [2.45, 2.75) is 12.4 Å². The molecule has 2 aromatic rings. The summed E-state index contributed by atoms with van der Waals surface area (Å²) in [6, 6.07) is 6.72. The van der Waals surface area contributed by atoms with E-state index in [-0.39, 0.29) is 5.75 Å². The maximum Gasteiger partial charge on any atom is 0.573 e. The first-order valence-corrected chi connectivity index (χ1v) is 5.58. The Bertz CT molecular complexity index is 562. The molecule has 1 heterocycles.